The van der Waals surface area contributed by atoms with Gasteiger partial charge in [-0.2, -0.15) is 0 Å². The SMILES string of the molecule is CN=C(NCc1ccc(CN2CCCC2=O)cc1)NC1CC1C.I. The summed E-state index contributed by atoms with van der Waals surface area (Å²) >= 11 is 0. The van der Waals surface area contributed by atoms with Gasteiger partial charge in [-0.1, -0.05) is 31.2 Å². The van der Waals surface area contributed by atoms with E-state index in [0.717, 1.165) is 37.9 Å². The third-order valence-electron chi connectivity index (χ3n) is 4.68. The molecule has 0 spiro atoms. The van der Waals surface area contributed by atoms with E-state index in [1.165, 1.54) is 17.5 Å². The Morgan fingerprint density at radius 1 is 1.29 bits per heavy atom. The Hall–Kier alpha value is -1.31. The minimum Gasteiger partial charge on any atom is -0.353 e. The highest BCUT2D eigenvalue weighted by molar-refractivity contribution is 14.0. The highest BCUT2D eigenvalue weighted by Crippen LogP contribution is 2.28. The van der Waals surface area contributed by atoms with Crippen LogP contribution >= 0.6 is 24.0 Å². The van der Waals surface area contributed by atoms with Crippen molar-refractivity contribution in [2.75, 3.05) is 13.6 Å². The second kappa shape index (κ2) is 8.69. The van der Waals surface area contributed by atoms with Gasteiger partial charge in [0.25, 0.3) is 0 Å². The first-order valence-corrected chi connectivity index (χ1v) is 8.48. The van der Waals surface area contributed by atoms with Gasteiger partial charge in [0, 0.05) is 39.1 Å². The number of nitrogens with zero attached hydrogens (tertiary/aromatic N) is 2. The predicted octanol–water partition coefficient (Wildman–Crippen LogP) is 2.50. The molecule has 6 heteroatoms. The van der Waals surface area contributed by atoms with Crippen LogP contribution in [0.4, 0.5) is 0 Å². The molecule has 5 nitrogen and oxygen atoms in total. The summed E-state index contributed by atoms with van der Waals surface area (Å²) in [6.07, 6.45) is 2.92. The number of hydrogen-bond donors (Lipinski definition) is 2. The Bertz CT molecular complexity index is 587. The lowest BCUT2D eigenvalue weighted by molar-refractivity contribution is -0.128. The molecule has 0 aromatic heterocycles. The van der Waals surface area contributed by atoms with E-state index in [-0.39, 0.29) is 29.9 Å². The van der Waals surface area contributed by atoms with Crippen LogP contribution in [0.1, 0.15) is 37.3 Å². The van der Waals surface area contributed by atoms with Gasteiger partial charge in [-0.15, -0.1) is 24.0 Å². The lowest BCUT2D eigenvalue weighted by atomic mass is 10.1. The second-order valence-corrected chi connectivity index (χ2v) is 6.62. The summed E-state index contributed by atoms with van der Waals surface area (Å²) in [5.41, 5.74) is 2.41. The molecular formula is C18H27IN4O. The quantitative estimate of drug-likeness (QED) is 0.419. The van der Waals surface area contributed by atoms with Gasteiger partial charge in [0.2, 0.25) is 5.91 Å². The minimum absolute atomic E-state index is 0. The van der Waals surface area contributed by atoms with Gasteiger partial charge in [0.05, 0.1) is 0 Å². The van der Waals surface area contributed by atoms with Crippen molar-refractivity contribution in [1.29, 1.82) is 0 Å². The molecule has 2 unspecified atom stereocenters. The van der Waals surface area contributed by atoms with Crippen LogP contribution in [0.15, 0.2) is 29.3 Å². The lowest BCUT2D eigenvalue weighted by Gasteiger charge is -2.16. The molecular weight excluding hydrogens is 415 g/mol. The number of nitrogens with one attached hydrogen (secondary N) is 2. The summed E-state index contributed by atoms with van der Waals surface area (Å²) in [5.74, 6) is 1.90. The molecule has 1 aromatic carbocycles. The Kier molecular flexibility index (Phi) is 6.89. The van der Waals surface area contributed by atoms with Gasteiger partial charge in [0.15, 0.2) is 5.96 Å². The number of halogens is 1. The van der Waals surface area contributed by atoms with E-state index in [4.69, 9.17) is 0 Å². The molecule has 1 aliphatic carbocycles. The van der Waals surface area contributed by atoms with Gasteiger partial charge in [-0.25, -0.2) is 0 Å². The summed E-state index contributed by atoms with van der Waals surface area (Å²) < 4.78 is 0. The number of likely N-dealkylation sites (tertiary alicyclic amines) is 1. The normalized spacial score (nSPS) is 23.0. The Morgan fingerprint density at radius 3 is 2.50 bits per heavy atom. The minimum atomic E-state index is 0. The van der Waals surface area contributed by atoms with Crippen molar-refractivity contribution in [1.82, 2.24) is 15.5 Å². The molecule has 1 saturated heterocycles. The smallest absolute Gasteiger partial charge is 0.222 e. The third kappa shape index (κ3) is 5.09. The average Bonchev–Trinajstić information content (AvgIpc) is 3.11. The van der Waals surface area contributed by atoms with Crippen LogP contribution in [0.25, 0.3) is 0 Å². The average molecular weight is 442 g/mol. The molecule has 3 rings (SSSR count). The summed E-state index contributed by atoms with van der Waals surface area (Å²) in [6.45, 7) is 4.62. The van der Waals surface area contributed by atoms with E-state index < -0.39 is 0 Å². The summed E-state index contributed by atoms with van der Waals surface area (Å²) in [4.78, 5) is 17.9. The fraction of sp³-hybridized carbons (Fsp3) is 0.556. The van der Waals surface area contributed by atoms with E-state index in [9.17, 15) is 4.79 Å². The Balaban J connectivity index is 0.00000208. The molecule has 1 aromatic rings. The van der Waals surface area contributed by atoms with Crippen molar-refractivity contribution in [3.63, 3.8) is 0 Å². The molecule has 1 aliphatic heterocycles. The van der Waals surface area contributed by atoms with Crippen molar-refractivity contribution in [3.05, 3.63) is 35.4 Å². The monoisotopic (exact) mass is 442 g/mol. The summed E-state index contributed by atoms with van der Waals surface area (Å²) in [6, 6.07) is 9.04. The molecule has 1 heterocycles. The largest absolute Gasteiger partial charge is 0.353 e. The van der Waals surface area contributed by atoms with Gasteiger partial charge in [0.1, 0.15) is 0 Å². The number of benzene rings is 1. The molecule has 1 saturated carbocycles. The highest BCUT2D eigenvalue weighted by atomic mass is 127. The molecule has 132 valence electrons. The molecule has 2 N–H and O–H groups in total. The number of guanidine groups is 1. The van der Waals surface area contributed by atoms with E-state index in [1.807, 2.05) is 4.90 Å². The van der Waals surface area contributed by atoms with Gasteiger partial charge >= 0.3 is 0 Å². The van der Waals surface area contributed by atoms with Crippen molar-refractivity contribution >= 4 is 35.8 Å². The van der Waals surface area contributed by atoms with Crippen LogP contribution in [0, 0.1) is 5.92 Å². The van der Waals surface area contributed by atoms with E-state index in [2.05, 4.69) is 46.8 Å². The molecule has 24 heavy (non-hydrogen) atoms. The fourth-order valence-corrected chi connectivity index (χ4v) is 2.93. The van der Waals surface area contributed by atoms with Crippen molar-refractivity contribution in [2.24, 2.45) is 10.9 Å². The van der Waals surface area contributed by atoms with Crippen LogP contribution in [-0.4, -0.2) is 36.4 Å². The van der Waals surface area contributed by atoms with Crippen LogP contribution < -0.4 is 10.6 Å². The van der Waals surface area contributed by atoms with Crippen LogP contribution in [0.5, 0.6) is 0 Å². The molecule has 2 atom stereocenters. The number of aliphatic imine (C=N–C) groups is 1. The number of hydrogen-bond acceptors (Lipinski definition) is 2. The Morgan fingerprint density at radius 2 is 1.96 bits per heavy atom. The Labute approximate surface area is 161 Å². The first kappa shape index (κ1) is 19.0. The fourth-order valence-electron chi connectivity index (χ4n) is 2.93. The molecule has 0 radical (unpaired) electrons. The predicted molar refractivity (Wildman–Crippen MR) is 107 cm³/mol. The lowest BCUT2D eigenvalue weighted by Crippen LogP contribution is -2.38. The van der Waals surface area contributed by atoms with Crippen LogP contribution in [-0.2, 0) is 17.9 Å². The third-order valence-corrected chi connectivity index (χ3v) is 4.68. The van der Waals surface area contributed by atoms with E-state index in [0.29, 0.717) is 12.5 Å². The van der Waals surface area contributed by atoms with Crippen LogP contribution in [0.2, 0.25) is 0 Å². The van der Waals surface area contributed by atoms with Crippen molar-refractivity contribution in [3.8, 4) is 0 Å². The first-order valence-electron chi connectivity index (χ1n) is 8.48. The zero-order valence-corrected chi connectivity index (χ0v) is 16.7. The highest BCUT2D eigenvalue weighted by Gasteiger charge is 2.33. The standard InChI is InChI=1S/C18H26N4O.HI/c1-13-10-16(13)21-18(19-2)20-11-14-5-7-15(8-6-14)12-22-9-3-4-17(22)23;/h5-8,13,16H,3-4,9-12H2,1-2H3,(H2,19,20,21);1H. The number of carbonyl (C=O) groups is 1. The van der Waals surface area contributed by atoms with E-state index in [1.54, 1.807) is 7.05 Å². The van der Waals surface area contributed by atoms with Crippen LogP contribution in [0.3, 0.4) is 0 Å². The summed E-state index contributed by atoms with van der Waals surface area (Å²) in [7, 11) is 1.80. The number of carbonyl (C=O) groups excluding carboxylic acids is 1. The zero-order chi connectivity index (χ0) is 16.2. The molecule has 0 bridgehead atoms. The van der Waals surface area contributed by atoms with Crippen molar-refractivity contribution in [2.45, 2.75) is 45.3 Å². The van der Waals surface area contributed by atoms with Gasteiger partial charge in [-0.05, 0) is 29.9 Å². The zero-order valence-electron chi connectivity index (χ0n) is 14.4. The van der Waals surface area contributed by atoms with Gasteiger partial charge < -0.3 is 15.5 Å². The molecule has 2 fully saturated rings. The first-order chi connectivity index (χ1) is 11.2. The van der Waals surface area contributed by atoms with Gasteiger partial charge in [-0.3, -0.25) is 9.79 Å². The maximum atomic E-state index is 11.7. The van der Waals surface area contributed by atoms with Crippen molar-refractivity contribution < 1.29 is 4.79 Å². The topological polar surface area (TPSA) is 56.7 Å². The number of rotatable bonds is 5. The maximum Gasteiger partial charge on any atom is 0.222 e. The second-order valence-electron chi connectivity index (χ2n) is 6.62. The molecule has 1 amide bonds. The summed E-state index contributed by atoms with van der Waals surface area (Å²) in [5, 5.41) is 6.77. The number of amides is 1. The molecule has 2 aliphatic rings. The van der Waals surface area contributed by atoms with E-state index >= 15 is 0 Å². The maximum absolute atomic E-state index is 11.7.